The zero-order valence-electron chi connectivity index (χ0n) is 12.0. The van der Waals surface area contributed by atoms with Crippen LogP contribution in [0.5, 0.6) is 0 Å². The first-order chi connectivity index (χ1) is 9.20. The summed E-state index contributed by atoms with van der Waals surface area (Å²) in [6, 6.07) is -0.309. The van der Waals surface area contributed by atoms with Crippen molar-refractivity contribution >= 4 is 5.97 Å². The van der Waals surface area contributed by atoms with Crippen molar-refractivity contribution in [2.45, 2.75) is 64.0 Å². The smallest absolute Gasteiger partial charge is 0.320 e. The molecular formula is C15H27NO3. The first kappa shape index (κ1) is 14.8. The van der Waals surface area contributed by atoms with Gasteiger partial charge in [-0.25, -0.2) is 0 Å². The number of nitrogens with zero attached hydrogens (tertiary/aromatic N) is 1. The molecule has 1 N–H and O–H groups in total. The van der Waals surface area contributed by atoms with Gasteiger partial charge in [-0.15, -0.1) is 0 Å². The Bertz CT molecular complexity index is 281. The minimum Gasteiger partial charge on any atom is -0.480 e. The fourth-order valence-corrected chi connectivity index (χ4v) is 3.39. The van der Waals surface area contributed by atoms with Gasteiger partial charge in [-0.2, -0.15) is 0 Å². The molecule has 0 aromatic rings. The number of hydrogen-bond donors (Lipinski definition) is 1. The normalized spacial score (nSPS) is 24.7. The number of carboxylic acid groups (broad SMARTS) is 1. The Morgan fingerprint density at radius 3 is 2.42 bits per heavy atom. The number of aliphatic carboxylic acids is 1. The monoisotopic (exact) mass is 269 g/mol. The molecule has 0 spiro atoms. The van der Waals surface area contributed by atoms with Crippen LogP contribution in [0.1, 0.15) is 51.9 Å². The van der Waals surface area contributed by atoms with Gasteiger partial charge in [0.25, 0.3) is 0 Å². The first-order valence-electron chi connectivity index (χ1n) is 7.79. The van der Waals surface area contributed by atoms with Crippen LogP contribution in [0.2, 0.25) is 0 Å². The largest absolute Gasteiger partial charge is 0.480 e. The second kappa shape index (κ2) is 7.25. The van der Waals surface area contributed by atoms with Crippen LogP contribution in [0, 0.1) is 5.92 Å². The van der Waals surface area contributed by atoms with Gasteiger partial charge in [0.1, 0.15) is 6.04 Å². The van der Waals surface area contributed by atoms with E-state index in [1.807, 2.05) is 6.92 Å². The minimum atomic E-state index is -0.687. The van der Waals surface area contributed by atoms with Gasteiger partial charge in [0.2, 0.25) is 0 Å². The standard InChI is InChI=1S/C15H27NO3/c1-2-14(15(17)18)16-9-7-13(8-10-16)19-11-12-5-3-4-6-12/h12-14H,2-11H2,1H3,(H,17,18). The van der Waals surface area contributed by atoms with Crippen LogP contribution in [-0.4, -0.2) is 47.8 Å². The second-order valence-electron chi connectivity index (χ2n) is 5.98. The highest BCUT2D eigenvalue weighted by Gasteiger charge is 2.29. The topological polar surface area (TPSA) is 49.8 Å². The van der Waals surface area contributed by atoms with Crippen LogP contribution in [0.15, 0.2) is 0 Å². The molecular weight excluding hydrogens is 242 g/mol. The number of rotatable bonds is 6. The molecule has 2 aliphatic rings. The number of hydrogen-bond acceptors (Lipinski definition) is 3. The van der Waals surface area contributed by atoms with Gasteiger partial charge in [0, 0.05) is 19.7 Å². The van der Waals surface area contributed by atoms with E-state index in [-0.39, 0.29) is 6.04 Å². The van der Waals surface area contributed by atoms with Gasteiger partial charge in [0.05, 0.1) is 6.10 Å². The highest BCUT2D eigenvalue weighted by molar-refractivity contribution is 5.73. The third-order valence-corrected chi connectivity index (χ3v) is 4.63. The summed E-state index contributed by atoms with van der Waals surface area (Å²) in [5.41, 5.74) is 0. The molecule has 110 valence electrons. The molecule has 0 aromatic carbocycles. The van der Waals surface area contributed by atoms with E-state index in [1.165, 1.54) is 25.7 Å². The summed E-state index contributed by atoms with van der Waals surface area (Å²) in [6.07, 6.45) is 8.39. The van der Waals surface area contributed by atoms with E-state index < -0.39 is 5.97 Å². The van der Waals surface area contributed by atoms with Crippen molar-refractivity contribution in [1.29, 1.82) is 0 Å². The Balaban J connectivity index is 1.68. The minimum absolute atomic E-state index is 0.309. The van der Waals surface area contributed by atoms with Gasteiger partial charge in [0.15, 0.2) is 0 Å². The highest BCUT2D eigenvalue weighted by atomic mass is 16.5. The molecule has 0 radical (unpaired) electrons. The van der Waals surface area contributed by atoms with Crippen molar-refractivity contribution in [3.63, 3.8) is 0 Å². The van der Waals surface area contributed by atoms with Crippen molar-refractivity contribution in [1.82, 2.24) is 4.90 Å². The van der Waals surface area contributed by atoms with Crippen molar-refractivity contribution in [2.75, 3.05) is 19.7 Å². The van der Waals surface area contributed by atoms with Crippen LogP contribution in [-0.2, 0) is 9.53 Å². The SMILES string of the molecule is CCC(C(=O)O)N1CCC(OCC2CCCC2)CC1. The third-order valence-electron chi connectivity index (χ3n) is 4.63. The van der Waals surface area contributed by atoms with E-state index in [9.17, 15) is 4.79 Å². The van der Waals surface area contributed by atoms with Gasteiger partial charge in [-0.05, 0) is 38.0 Å². The average molecular weight is 269 g/mol. The summed E-state index contributed by atoms with van der Waals surface area (Å²) >= 11 is 0. The van der Waals surface area contributed by atoms with Crippen LogP contribution in [0.4, 0.5) is 0 Å². The Labute approximate surface area is 116 Å². The van der Waals surface area contributed by atoms with Crippen LogP contribution in [0.3, 0.4) is 0 Å². The van der Waals surface area contributed by atoms with E-state index in [0.29, 0.717) is 12.5 Å². The van der Waals surface area contributed by atoms with Crippen molar-refractivity contribution in [3.05, 3.63) is 0 Å². The lowest BCUT2D eigenvalue weighted by molar-refractivity contribution is -0.144. The summed E-state index contributed by atoms with van der Waals surface area (Å²) in [5.74, 6) is 0.0910. The van der Waals surface area contributed by atoms with Crippen molar-refractivity contribution in [2.24, 2.45) is 5.92 Å². The molecule has 1 heterocycles. The molecule has 1 saturated heterocycles. The van der Waals surface area contributed by atoms with E-state index in [0.717, 1.165) is 38.5 Å². The predicted molar refractivity (Wildman–Crippen MR) is 74.2 cm³/mol. The van der Waals surface area contributed by atoms with Crippen LogP contribution >= 0.6 is 0 Å². The number of ether oxygens (including phenoxy) is 1. The summed E-state index contributed by atoms with van der Waals surface area (Å²) in [4.78, 5) is 13.2. The summed E-state index contributed by atoms with van der Waals surface area (Å²) in [7, 11) is 0. The molecule has 0 aromatic heterocycles. The predicted octanol–water partition coefficient (Wildman–Crippen LogP) is 2.52. The summed E-state index contributed by atoms with van der Waals surface area (Å²) in [6.45, 7) is 4.59. The second-order valence-corrected chi connectivity index (χ2v) is 5.98. The molecule has 1 unspecified atom stereocenters. The molecule has 19 heavy (non-hydrogen) atoms. The molecule has 2 rings (SSSR count). The van der Waals surface area contributed by atoms with Gasteiger partial charge >= 0.3 is 5.97 Å². The molecule has 4 heteroatoms. The number of carboxylic acids is 1. The maximum Gasteiger partial charge on any atom is 0.320 e. The quantitative estimate of drug-likeness (QED) is 0.805. The zero-order chi connectivity index (χ0) is 13.7. The van der Waals surface area contributed by atoms with E-state index >= 15 is 0 Å². The van der Waals surface area contributed by atoms with E-state index in [1.54, 1.807) is 0 Å². The number of piperidine rings is 1. The Kier molecular flexibility index (Phi) is 5.64. The molecule has 0 bridgehead atoms. The van der Waals surface area contributed by atoms with Crippen molar-refractivity contribution in [3.8, 4) is 0 Å². The molecule has 1 atom stereocenters. The van der Waals surface area contributed by atoms with Crippen LogP contribution in [0.25, 0.3) is 0 Å². The van der Waals surface area contributed by atoms with Gasteiger partial charge in [-0.1, -0.05) is 19.8 Å². The van der Waals surface area contributed by atoms with Gasteiger partial charge in [-0.3, -0.25) is 9.69 Å². The fourth-order valence-electron chi connectivity index (χ4n) is 3.39. The summed E-state index contributed by atoms with van der Waals surface area (Å²) in [5, 5.41) is 9.17. The highest BCUT2D eigenvalue weighted by Crippen LogP contribution is 2.26. The molecule has 0 amide bonds. The van der Waals surface area contributed by atoms with E-state index in [4.69, 9.17) is 9.84 Å². The third kappa shape index (κ3) is 4.18. The molecule has 1 aliphatic carbocycles. The maximum atomic E-state index is 11.1. The fraction of sp³-hybridized carbons (Fsp3) is 0.933. The lowest BCUT2D eigenvalue weighted by Crippen LogP contribution is -2.46. The average Bonchev–Trinajstić information content (AvgIpc) is 2.91. The zero-order valence-corrected chi connectivity index (χ0v) is 12.0. The summed E-state index contributed by atoms with van der Waals surface area (Å²) < 4.78 is 6.01. The molecule has 2 fully saturated rings. The molecule has 1 aliphatic heterocycles. The van der Waals surface area contributed by atoms with Crippen molar-refractivity contribution < 1.29 is 14.6 Å². The van der Waals surface area contributed by atoms with E-state index in [2.05, 4.69) is 4.90 Å². The van der Waals surface area contributed by atoms with Gasteiger partial charge < -0.3 is 9.84 Å². The Morgan fingerprint density at radius 2 is 1.89 bits per heavy atom. The lowest BCUT2D eigenvalue weighted by Gasteiger charge is -2.35. The Morgan fingerprint density at radius 1 is 1.26 bits per heavy atom. The molecule has 1 saturated carbocycles. The number of likely N-dealkylation sites (tertiary alicyclic amines) is 1. The maximum absolute atomic E-state index is 11.1. The van der Waals surface area contributed by atoms with Crippen LogP contribution < -0.4 is 0 Å². The first-order valence-corrected chi connectivity index (χ1v) is 7.79. The Hall–Kier alpha value is -0.610. The lowest BCUT2D eigenvalue weighted by atomic mass is 10.0. The molecule has 4 nitrogen and oxygen atoms in total. The number of carbonyl (C=O) groups is 1.